The molecule has 0 spiro atoms. The second kappa shape index (κ2) is 16.7. The number of sulfonamides is 2. The fourth-order valence-electron chi connectivity index (χ4n) is 5.94. The molecule has 19 nitrogen and oxygen atoms in total. The Morgan fingerprint density at radius 3 is 1.61 bits per heavy atom. The Balaban J connectivity index is 0.000000242. The van der Waals surface area contributed by atoms with E-state index >= 15 is 0 Å². The van der Waals surface area contributed by atoms with Crippen LogP contribution in [-0.2, 0) is 43.7 Å². The van der Waals surface area contributed by atoms with Crippen LogP contribution in [-0.4, -0.2) is 89.6 Å². The van der Waals surface area contributed by atoms with Crippen LogP contribution >= 0.6 is 0 Å². The molecule has 0 aliphatic rings. The number of rotatable bonds is 11. The monoisotopic (exact) mass is 936 g/mol. The van der Waals surface area contributed by atoms with Crippen molar-refractivity contribution in [3.8, 4) is 22.5 Å². The molecule has 6 rings (SSSR count). The lowest BCUT2D eigenvalue weighted by atomic mass is 10.0. The molecule has 6 aromatic rings. The van der Waals surface area contributed by atoms with Crippen LogP contribution in [0.1, 0.15) is 22.5 Å². The van der Waals surface area contributed by atoms with Gasteiger partial charge in [0, 0.05) is 23.1 Å². The van der Waals surface area contributed by atoms with Crippen molar-refractivity contribution in [2.45, 2.75) is 52.4 Å². The number of H-pyrrole nitrogens is 3. The minimum Gasteiger partial charge on any atom is -0.383 e. The molecule has 62 heavy (non-hydrogen) atoms. The fraction of sp³-hybridized carbons (Fsp3) is 0.353. The van der Waals surface area contributed by atoms with Gasteiger partial charge in [-0.1, -0.05) is 19.6 Å². The molecule has 0 radical (unpaired) electrons. The van der Waals surface area contributed by atoms with Crippen molar-refractivity contribution >= 4 is 49.9 Å². The van der Waals surface area contributed by atoms with Crippen molar-refractivity contribution in [3.63, 3.8) is 0 Å². The summed E-state index contributed by atoms with van der Waals surface area (Å²) in [6.45, 7) is 9.98. The average molecular weight is 937 g/mol. The van der Waals surface area contributed by atoms with Gasteiger partial charge in [-0.3, -0.25) is 19.4 Å². The number of fused-ring (bicyclic) bond motifs is 2. The summed E-state index contributed by atoms with van der Waals surface area (Å²) in [6.07, 6.45) is -7.59. The average Bonchev–Trinajstić information content (AvgIpc) is 3.72. The molecular formula is C34H38F6N10O9S2Si. The second-order valence-corrected chi connectivity index (χ2v) is 24.1. The van der Waals surface area contributed by atoms with E-state index in [0.717, 1.165) is 18.4 Å². The van der Waals surface area contributed by atoms with Gasteiger partial charge in [0.15, 0.2) is 0 Å². The number of hydrogen-bond acceptors (Lipinski definition) is 11. The first-order valence-electron chi connectivity index (χ1n) is 17.7. The highest BCUT2D eigenvalue weighted by Crippen LogP contribution is 2.40. The molecule has 0 unspecified atom stereocenters. The predicted octanol–water partition coefficient (Wildman–Crippen LogP) is 3.19. The molecular weight excluding hydrogens is 899 g/mol. The van der Waals surface area contributed by atoms with Crippen LogP contribution in [0.4, 0.5) is 26.3 Å². The first-order chi connectivity index (χ1) is 28.3. The van der Waals surface area contributed by atoms with Crippen LogP contribution in [0.2, 0.25) is 19.6 Å². The number of aryl methyl sites for hydroxylation is 2. The van der Waals surface area contributed by atoms with Gasteiger partial charge in [0.05, 0.1) is 83.8 Å². The minimum absolute atomic E-state index is 0.0602. The Bertz CT molecular complexity index is 3180. The maximum Gasteiger partial charge on any atom is 0.417 e. The van der Waals surface area contributed by atoms with E-state index < -0.39 is 79.7 Å². The van der Waals surface area contributed by atoms with E-state index in [9.17, 15) is 62.4 Å². The number of aromatic amines is 3. The number of benzene rings is 2. The quantitative estimate of drug-likeness (QED) is 0.0716. The van der Waals surface area contributed by atoms with E-state index in [1.807, 2.05) is 0 Å². The van der Waals surface area contributed by atoms with E-state index in [1.165, 1.54) is 16.8 Å². The summed E-state index contributed by atoms with van der Waals surface area (Å²) < 4.78 is 136. The zero-order valence-electron chi connectivity index (χ0n) is 33.6. The molecule has 4 heterocycles. The highest BCUT2D eigenvalue weighted by molar-refractivity contribution is 7.91. The van der Waals surface area contributed by atoms with E-state index in [-0.39, 0.29) is 61.3 Å². The van der Waals surface area contributed by atoms with Crippen molar-refractivity contribution in [1.29, 1.82) is 0 Å². The van der Waals surface area contributed by atoms with Gasteiger partial charge in [0.2, 0.25) is 20.0 Å². The van der Waals surface area contributed by atoms with Crippen molar-refractivity contribution in [2.24, 2.45) is 0 Å². The third kappa shape index (κ3) is 11.1. The van der Waals surface area contributed by atoms with Crippen molar-refractivity contribution in [2.75, 3.05) is 35.0 Å². The molecule has 0 bridgehead atoms. The zero-order chi connectivity index (χ0) is 46.5. The Labute approximate surface area is 346 Å². The van der Waals surface area contributed by atoms with Gasteiger partial charge in [-0.05, 0) is 50.2 Å². The lowest BCUT2D eigenvalue weighted by molar-refractivity contribution is -0.137. The number of halogens is 6. The van der Waals surface area contributed by atoms with Crippen molar-refractivity contribution in [1.82, 2.24) is 39.3 Å². The Morgan fingerprint density at radius 1 is 0.726 bits per heavy atom. The topological polar surface area (TPSA) is 258 Å². The van der Waals surface area contributed by atoms with Gasteiger partial charge in [0.25, 0.3) is 11.1 Å². The summed E-state index contributed by atoms with van der Waals surface area (Å²) in [7, 11) is -9.49. The van der Waals surface area contributed by atoms with E-state index in [0.29, 0.717) is 36.0 Å². The van der Waals surface area contributed by atoms with Gasteiger partial charge in [-0.2, -0.15) is 45.9 Å². The molecule has 2 aromatic carbocycles. The Kier molecular flexibility index (Phi) is 12.7. The third-order valence-corrected chi connectivity index (χ3v) is 10.4. The van der Waals surface area contributed by atoms with Crippen LogP contribution in [0.25, 0.3) is 44.3 Å². The molecule has 28 heteroatoms. The number of nitrogens with zero attached hydrogens (tertiary/aromatic N) is 5. The third-order valence-electron chi connectivity index (χ3n) is 8.34. The maximum absolute atomic E-state index is 14.0. The lowest BCUT2D eigenvalue weighted by Gasteiger charge is -2.18. The molecule has 0 saturated heterocycles. The molecule has 4 aromatic heterocycles. The summed E-state index contributed by atoms with van der Waals surface area (Å²) in [6, 6.07) is 5.97. The molecule has 0 atom stereocenters. The first-order valence-corrected chi connectivity index (χ1v) is 25.2. The smallest absolute Gasteiger partial charge is 0.383 e. The lowest BCUT2D eigenvalue weighted by Crippen LogP contribution is -2.43. The van der Waals surface area contributed by atoms with Crippen molar-refractivity contribution < 1.29 is 47.9 Å². The highest BCUT2D eigenvalue weighted by atomic mass is 32.2. The molecule has 0 amide bonds. The van der Waals surface area contributed by atoms with Gasteiger partial charge in [0.1, 0.15) is 0 Å². The second-order valence-electron chi connectivity index (χ2n) is 15.2. The molecule has 0 fully saturated rings. The standard InChI is InChI=1S/C20H26F3N5O5SSi.C14H12F3N5O4S/c1-12-8-17(27(25-12)6-7-33-11-35(3,4)5)13-9-14-16(10-15(13)20(21,22)23)24-19(30)28(18(14)29)26-34(2,31)32;1-6-3-11(20-19-6)7-4-8-10(5-9(7)14(15,16)17)18-13(24)22(12(8)23)21-27(2,25)26/h8-10,26H,6-7,11H2,1-5H3,(H,24,30);3-5,21H,1-2H3,(H,18,24)(H,19,20). The molecule has 336 valence electrons. The number of hydrogen-bond donors (Lipinski definition) is 5. The summed E-state index contributed by atoms with van der Waals surface area (Å²) in [5.74, 6) is 0. The Hall–Kier alpha value is -6.00. The van der Waals surface area contributed by atoms with E-state index in [4.69, 9.17) is 4.74 Å². The fourth-order valence-corrected chi connectivity index (χ4v) is 7.69. The normalized spacial score (nSPS) is 12.7. The molecule has 0 aliphatic heterocycles. The summed E-state index contributed by atoms with van der Waals surface area (Å²) >= 11 is 0. The highest BCUT2D eigenvalue weighted by Gasteiger charge is 2.37. The number of alkyl halides is 6. The summed E-state index contributed by atoms with van der Waals surface area (Å²) in [4.78, 5) is 57.1. The molecule has 0 aliphatic carbocycles. The molecule has 5 N–H and O–H groups in total. The summed E-state index contributed by atoms with van der Waals surface area (Å²) in [5, 5.41) is 9.92. The number of ether oxygens (including phenoxy) is 1. The summed E-state index contributed by atoms with van der Waals surface area (Å²) in [5.41, 5.74) is -7.41. The van der Waals surface area contributed by atoms with Gasteiger partial charge < -0.3 is 14.7 Å². The predicted molar refractivity (Wildman–Crippen MR) is 219 cm³/mol. The van der Waals surface area contributed by atoms with Crippen LogP contribution in [0.5, 0.6) is 0 Å². The van der Waals surface area contributed by atoms with E-state index in [2.05, 4.69) is 44.9 Å². The number of nitrogens with one attached hydrogen (secondary N) is 5. The maximum atomic E-state index is 14.0. The molecule has 0 saturated carbocycles. The van der Waals surface area contributed by atoms with E-state index in [1.54, 1.807) is 23.5 Å². The van der Waals surface area contributed by atoms with Crippen LogP contribution in [0, 0.1) is 13.8 Å². The van der Waals surface area contributed by atoms with Gasteiger partial charge in [-0.25, -0.2) is 36.1 Å². The number of aromatic nitrogens is 8. The van der Waals surface area contributed by atoms with Crippen LogP contribution < -0.4 is 32.2 Å². The van der Waals surface area contributed by atoms with Crippen LogP contribution in [0.3, 0.4) is 0 Å². The van der Waals surface area contributed by atoms with Gasteiger partial charge >= 0.3 is 23.7 Å². The van der Waals surface area contributed by atoms with Crippen LogP contribution in [0.15, 0.2) is 55.6 Å². The first kappa shape index (κ1) is 47.1. The largest absolute Gasteiger partial charge is 0.417 e. The van der Waals surface area contributed by atoms with Gasteiger partial charge in [-0.15, -0.1) is 0 Å². The Morgan fingerprint density at radius 2 is 1.19 bits per heavy atom. The SMILES string of the molecule is Cc1cc(-c2cc3c(=O)n(NS(C)(=O)=O)c(=O)[nH]c3cc2C(F)(F)F)n(CCOC[Si](C)(C)C)n1.Cc1cc(-c2cc3c(=O)n(NS(C)(=O)=O)c(=O)[nH]c3cc2C(F)(F)F)n[nH]1. The zero-order valence-corrected chi connectivity index (χ0v) is 36.2. The minimum atomic E-state index is -4.82. The van der Waals surface area contributed by atoms with Crippen molar-refractivity contribution in [3.05, 3.63) is 101 Å².